The first-order valence-corrected chi connectivity index (χ1v) is 11.8. The average Bonchev–Trinajstić information content (AvgIpc) is 2.79. The summed E-state index contributed by atoms with van der Waals surface area (Å²) in [5, 5.41) is 14.7. The van der Waals surface area contributed by atoms with E-state index in [1.54, 1.807) is 31.1 Å². The minimum absolute atomic E-state index is 0.0442. The van der Waals surface area contributed by atoms with Crippen LogP contribution >= 0.6 is 0 Å². The molecule has 0 saturated carbocycles. The van der Waals surface area contributed by atoms with Crippen LogP contribution in [0.15, 0.2) is 48.5 Å². The van der Waals surface area contributed by atoms with E-state index in [0.29, 0.717) is 38.6 Å². The Morgan fingerprint density at radius 3 is 1.94 bits per heavy atom. The van der Waals surface area contributed by atoms with E-state index in [1.165, 1.54) is 24.3 Å². The van der Waals surface area contributed by atoms with Crippen molar-refractivity contribution in [2.24, 2.45) is 0 Å². The first kappa shape index (κ1) is 27.7. The molecule has 0 aromatic heterocycles. The van der Waals surface area contributed by atoms with Crippen LogP contribution in [0.4, 0.5) is 13.6 Å². The third-order valence-corrected chi connectivity index (χ3v) is 5.78. The summed E-state index contributed by atoms with van der Waals surface area (Å²) in [5.41, 5.74) is 1.86. The van der Waals surface area contributed by atoms with Gasteiger partial charge in [-0.2, -0.15) is 0 Å². The van der Waals surface area contributed by atoms with E-state index in [-0.39, 0.29) is 23.3 Å². The number of carbonyl (C=O) groups excluding carboxylic acids is 2. The number of rotatable bonds is 15. The van der Waals surface area contributed by atoms with E-state index >= 15 is 0 Å². The number of hydrogen-bond acceptors (Lipinski definition) is 4. The standard InChI is InChI=1S/C25H32B2F2N2O3/c1-27(34)30-17-5-4-7-23(31-25(26)33)24(32)8-3-2-6-22(18-9-13-20(28)14-10-18)19-11-15-21(29)16-12-19/h9-16,22-23,30,34H,2-8,17H2,1H3,(H,31,33)/t23-/m0/s1. The minimum Gasteiger partial charge on any atom is -0.437 e. The van der Waals surface area contributed by atoms with Crippen LogP contribution < -0.4 is 10.5 Å². The molecule has 1 amide bonds. The third kappa shape index (κ3) is 10.2. The maximum atomic E-state index is 13.4. The summed E-state index contributed by atoms with van der Waals surface area (Å²) >= 11 is 0. The summed E-state index contributed by atoms with van der Waals surface area (Å²) in [6, 6.07) is 11.9. The quantitative estimate of drug-likeness (QED) is 0.269. The van der Waals surface area contributed by atoms with Gasteiger partial charge in [0.15, 0.2) is 11.6 Å². The summed E-state index contributed by atoms with van der Waals surface area (Å²) in [6.45, 7) is 2.25. The van der Waals surface area contributed by atoms with Gasteiger partial charge in [-0.05, 0) is 80.9 Å². The van der Waals surface area contributed by atoms with Gasteiger partial charge in [-0.1, -0.05) is 30.7 Å². The van der Waals surface area contributed by atoms with Gasteiger partial charge >= 0.3 is 7.05 Å². The lowest BCUT2D eigenvalue weighted by molar-refractivity contribution is -0.121. The van der Waals surface area contributed by atoms with Gasteiger partial charge in [-0.25, -0.2) is 8.78 Å². The van der Waals surface area contributed by atoms with E-state index in [0.717, 1.165) is 24.0 Å². The summed E-state index contributed by atoms with van der Waals surface area (Å²) in [4.78, 5) is 24.0. The Kier molecular flexibility index (Phi) is 12.0. The summed E-state index contributed by atoms with van der Waals surface area (Å²) < 4.78 is 26.8. The van der Waals surface area contributed by atoms with Gasteiger partial charge in [0.25, 0.3) is 0 Å². The number of amides is 1. The Labute approximate surface area is 202 Å². The number of benzene rings is 2. The van der Waals surface area contributed by atoms with Crippen LogP contribution in [-0.4, -0.2) is 44.1 Å². The van der Waals surface area contributed by atoms with Gasteiger partial charge in [-0.15, -0.1) is 0 Å². The first-order valence-electron chi connectivity index (χ1n) is 11.8. The summed E-state index contributed by atoms with van der Waals surface area (Å²) in [6.07, 6.45) is 4.31. The lowest BCUT2D eigenvalue weighted by Gasteiger charge is -2.19. The molecule has 5 nitrogen and oxygen atoms in total. The second kappa shape index (κ2) is 14.7. The molecule has 1 atom stereocenters. The maximum Gasteiger partial charge on any atom is 0.373 e. The molecule has 180 valence electrons. The van der Waals surface area contributed by atoms with Crippen LogP contribution in [-0.2, 0) is 4.79 Å². The Hall–Kier alpha value is -2.51. The molecule has 2 aromatic carbocycles. The largest absolute Gasteiger partial charge is 0.437 e. The van der Waals surface area contributed by atoms with E-state index in [2.05, 4.69) is 10.5 Å². The number of nitrogens with one attached hydrogen (secondary N) is 2. The molecule has 0 aliphatic rings. The predicted octanol–water partition coefficient (Wildman–Crippen LogP) is 4.34. The van der Waals surface area contributed by atoms with E-state index in [4.69, 9.17) is 7.85 Å². The fraction of sp³-hybridized carbons (Fsp3) is 0.440. The summed E-state index contributed by atoms with van der Waals surface area (Å²) in [7, 11) is 4.66. The number of ketones is 1. The van der Waals surface area contributed by atoms with Crippen molar-refractivity contribution in [3.05, 3.63) is 71.3 Å². The first-order chi connectivity index (χ1) is 16.3. The van der Waals surface area contributed by atoms with E-state index in [9.17, 15) is 23.4 Å². The molecule has 9 heteroatoms. The zero-order valence-electron chi connectivity index (χ0n) is 19.6. The third-order valence-electron chi connectivity index (χ3n) is 5.78. The van der Waals surface area contributed by atoms with Gasteiger partial charge in [0.05, 0.1) is 6.04 Å². The van der Waals surface area contributed by atoms with Crippen LogP contribution in [0.25, 0.3) is 0 Å². The van der Waals surface area contributed by atoms with Crippen LogP contribution in [0.1, 0.15) is 62.0 Å². The fourth-order valence-corrected chi connectivity index (χ4v) is 4.01. The smallest absolute Gasteiger partial charge is 0.373 e. The lowest BCUT2D eigenvalue weighted by atomic mass is 9.86. The number of unbranched alkanes of at least 4 members (excludes halogenated alkanes) is 2. The molecular weight excluding hydrogens is 436 g/mol. The minimum atomic E-state index is -0.729. The van der Waals surface area contributed by atoms with Gasteiger partial charge in [0.2, 0.25) is 7.85 Å². The molecule has 2 rings (SSSR count). The highest BCUT2D eigenvalue weighted by Crippen LogP contribution is 2.30. The molecule has 0 spiro atoms. The highest BCUT2D eigenvalue weighted by Gasteiger charge is 2.19. The van der Waals surface area contributed by atoms with Crippen molar-refractivity contribution < 1.29 is 23.4 Å². The fourth-order valence-electron chi connectivity index (χ4n) is 4.01. The number of carbonyl (C=O) groups is 2. The zero-order valence-corrected chi connectivity index (χ0v) is 19.6. The normalized spacial score (nSPS) is 11.9. The number of Topliss-reactive ketones (excluding diaryl/α,β-unsaturated/α-hetero) is 1. The molecule has 0 saturated heterocycles. The van der Waals surface area contributed by atoms with Gasteiger partial charge < -0.3 is 15.6 Å². The van der Waals surface area contributed by atoms with E-state index < -0.39 is 18.9 Å². The number of halogens is 2. The second-order valence-electron chi connectivity index (χ2n) is 8.55. The molecule has 3 N–H and O–H groups in total. The van der Waals surface area contributed by atoms with Crippen molar-refractivity contribution in [1.82, 2.24) is 10.5 Å². The lowest BCUT2D eigenvalue weighted by Crippen LogP contribution is -2.40. The van der Waals surface area contributed by atoms with Crippen molar-refractivity contribution in [3.63, 3.8) is 0 Å². The molecule has 0 heterocycles. The summed E-state index contributed by atoms with van der Waals surface area (Å²) in [5.74, 6) is -1.48. The van der Waals surface area contributed by atoms with Crippen LogP contribution in [0.3, 0.4) is 0 Å². The van der Waals surface area contributed by atoms with Crippen molar-refractivity contribution >= 4 is 26.5 Å². The zero-order chi connectivity index (χ0) is 24.9. The van der Waals surface area contributed by atoms with Gasteiger partial charge in [0, 0.05) is 12.3 Å². The second-order valence-corrected chi connectivity index (χ2v) is 8.55. The van der Waals surface area contributed by atoms with E-state index in [1.807, 2.05) is 0 Å². The molecule has 2 aromatic rings. The van der Waals surface area contributed by atoms with Gasteiger partial charge in [-0.3, -0.25) is 9.59 Å². The Morgan fingerprint density at radius 2 is 1.44 bits per heavy atom. The maximum absolute atomic E-state index is 13.4. The molecule has 0 aliphatic carbocycles. The molecule has 0 bridgehead atoms. The molecule has 34 heavy (non-hydrogen) atoms. The Balaban J connectivity index is 1.90. The highest BCUT2D eigenvalue weighted by molar-refractivity contribution is 6.57. The van der Waals surface area contributed by atoms with Gasteiger partial charge in [0.1, 0.15) is 11.6 Å². The van der Waals surface area contributed by atoms with Crippen LogP contribution in [0.2, 0.25) is 6.82 Å². The topological polar surface area (TPSA) is 78.4 Å². The molecule has 2 radical (unpaired) electrons. The SMILES string of the molecule is [B]C(=O)N[C@@H](CCCCNB(C)O)C(=O)CCCCC(c1ccc(F)cc1)c1ccc(F)cc1. The van der Waals surface area contributed by atoms with Crippen molar-refractivity contribution in [3.8, 4) is 0 Å². The van der Waals surface area contributed by atoms with Crippen molar-refractivity contribution in [2.75, 3.05) is 6.54 Å². The molecule has 0 unspecified atom stereocenters. The van der Waals surface area contributed by atoms with Crippen molar-refractivity contribution in [2.45, 2.75) is 63.7 Å². The predicted molar refractivity (Wildman–Crippen MR) is 132 cm³/mol. The monoisotopic (exact) mass is 468 g/mol. The molecule has 0 fully saturated rings. The molecule has 0 aliphatic heterocycles. The number of hydrogen-bond donors (Lipinski definition) is 3. The van der Waals surface area contributed by atoms with Crippen molar-refractivity contribution in [1.29, 1.82) is 0 Å². The van der Waals surface area contributed by atoms with Crippen LogP contribution in [0.5, 0.6) is 0 Å². The Morgan fingerprint density at radius 1 is 0.912 bits per heavy atom. The Bertz CT molecular complexity index is 851. The molecular formula is C25H32B2F2N2O3. The average molecular weight is 468 g/mol. The highest BCUT2D eigenvalue weighted by atomic mass is 19.1. The van der Waals surface area contributed by atoms with Crippen LogP contribution in [0, 0.1) is 11.6 Å².